The molecule has 1 aromatic heterocycles. The summed E-state index contributed by atoms with van der Waals surface area (Å²) in [6.07, 6.45) is 1.75. The number of hydrogen-bond acceptors (Lipinski definition) is 5. The lowest BCUT2D eigenvalue weighted by molar-refractivity contribution is 0.268. The van der Waals surface area contributed by atoms with Crippen LogP contribution < -0.4 is 15.4 Å². The zero-order chi connectivity index (χ0) is 12.3. The van der Waals surface area contributed by atoms with Crippen molar-refractivity contribution in [3.63, 3.8) is 0 Å². The Morgan fingerprint density at radius 2 is 2.29 bits per heavy atom. The molecule has 0 radical (unpaired) electrons. The van der Waals surface area contributed by atoms with Crippen LogP contribution in [0.1, 0.15) is 0 Å². The Morgan fingerprint density at radius 3 is 2.88 bits per heavy atom. The highest BCUT2D eigenvalue weighted by Gasteiger charge is 2.24. The van der Waals surface area contributed by atoms with E-state index in [1.807, 2.05) is 12.1 Å². The summed E-state index contributed by atoms with van der Waals surface area (Å²) in [5.74, 6) is 1.77. The summed E-state index contributed by atoms with van der Waals surface area (Å²) in [6.45, 7) is 3.66. The summed E-state index contributed by atoms with van der Waals surface area (Å²) in [6, 6.07) is 4.27. The number of likely N-dealkylation sites (N-methyl/N-ethyl adjacent to an activating group) is 1. The molecule has 2 rings (SSSR count). The fourth-order valence-electron chi connectivity index (χ4n) is 2.18. The van der Waals surface area contributed by atoms with E-state index in [0.717, 1.165) is 31.2 Å². The van der Waals surface area contributed by atoms with Gasteiger partial charge in [0.05, 0.1) is 19.3 Å². The Morgan fingerprint density at radius 1 is 1.47 bits per heavy atom. The molecule has 0 aromatic carbocycles. The van der Waals surface area contributed by atoms with E-state index in [1.54, 1.807) is 13.3 Å². The molecule has 5 nitrogen and oxygen atoms in total. The van der Waals surface area contributed by atoms with Gasteiger partial charge in [0, 0.05) is 26.2 Å². The van der Waals surface area contributed by atoms with E-state index in [4.69, 9.17) is 10.5 Å². The molecule has 1 atom stereocenters. The molecule has 1 unspecified atom stereocenters. The molecule has 1 fully saturated rings. The number of nitrogens with two attached hydrogens (primary N) is 1. The lowest BCUT2D eigenvalue weighted by Gasteiger charge is -2.40. The van der Waals surface area contributed by atoms with E-state index >= 15 is 0 Å². The summed E-state index contributed by atoms with van der Waals surface area (Å²) in [4.78, 5) is 9.00. The highest BCUT2D eigenvalue weighted by atomic mass is 16.5. The fraction of sp³-hybridized carbons (Fsp3) is 0.583. The topological polar surface area (TPSA) is 54.6 Å². The van der Waals surface area contributed by atoms with Crippen LogP contribution in [-0.4, -0.2) is 56.3 Å². The van der Waals surface area contributed by atoms with Crippen LogP contribution >= 0.6 is 0 Å². The van der Waals surface area contributed by atoms with Crippen LogP contribution in [0, 0.1) is 0 Å². The Kier molecular flexibility index (Phi) is 3.81. The SMILES string of the molecule is COc1ccc(N2CCN(C)CC2CN)nc1. The molecule has 2 heterocycles. The first-order valence-electron chi connectivity index (χ1n) is 5.90. The molecule has 1 saturated heterocycles. The predicted molar refractivity (Wildman–Crippen MR) is 68.5 cm³/mol. The largest absolute Gasteiger partial charge is 0.495 e. The number of aromatic nitrogens is 1. The zero-order valence-corrected chi connectivity index (χ0v) is 10.5. The van der Waals surface area contributed by atoms with Gasteiger partial charge in [0.2, 0.25) is 0 Å². The van der Waals surface area contributed by atoms with Crippen molar-refractivity contribution in [1.82, 2.24) is 9.88 Å². The zero-order valence-electron chi connectivity index (χ0n) is 10.5. The maximum Gasteiger partial charge on any atom is 0.137 e. The third-order valence-electron chi connectivity index (χ3n) is 3.21. The van der Waals surface area contributed by atoms with Gasteiger partial charge in [-0.25, -0.2) is 4.98 Å². The molecule has 0 spiro atoms. The number of nitrogens with zero attached hydrogens (tertiary/aromatic N) is 3. The van der Waals surface area contributed by atoms with Crippen molar-refractivity contribution in [1.29, 1.82) is 0 Å². The average molecular weight is 236 g/mol. The minimum atomic E-state index is 0.342. The van der Waals surface area contributed by atoms with E-state index in [0.29, 0.717) is 12.6 Å². The van der Waals surface area contributed by atoms with Crippen molar-refractivity contribution >= 4 is 5.82 Å². The van der Waals surface area contributed by atoms with Gasteiger partial charge in [-0.2, -0.15) is 0 Å². The van der Waals surface area contributed by atoms with Gasteiger partial charge in [0.15, 0.2) is 0 Å². The smallest absolute Gasteiger partial charge is 0.137 e. The number of anilines is 1. The van der Waals surface area contributed by atoms with Gasteiger partial charge >= 0.3 is 0 Å². The van der Waals surface area contributed by atoms with E-state index < -0.39 is 0 Å². The molecular weight excluding hydrogens is 216 g/mol. The summed E-state index contributed by atoms with van der Waals surface area (Å²) >= 11 is 0. The van der Waals surface area contributed by atoms with E-state index in [9.17, 15) is 0 Å². The van der Waals surface area contributed by atoms with Crippen molar-refractivity contribution < 1.29 is 4.74 Å². The normalized spacial score (nSPS) is 21.6. The van der Waals surface area contributed by atoms with E-state index in [1.165, 1.54) is 0 Å². The van der Waals surface area contributed by atoms with Crippen molar-refractivity contribution in [2.45, 2.75) is 6.04 Å². The molecular formula is C12H20N4O. The summed E-state index contributed by atoms with van der Waals surface area (Å²) in [7, 11) is 3.77. The quantitative estimate of drug-likeness (QED) is 0.811. The number of ether oxygens (including phenoxy) is 1. The molecule has 1 aliphatic heterocycles. The second-order valence-corrected chi connectivity index (χ2v) is 4.40. The molecule has 0 saturated carbocycles. The summed E-state index contributed by atoms with van der Waals surface area (Å²) in [5.41, 5.74) is 5.83. The van der Waals surface area contributed by atoms with Gasteiger partial charge < -0.3 is 20.3 Å². The second-order valence-electron chi connectivity index (χ2n) is 4.40. The lowest BCUT2D eigenvalue weighted by Crippen LogP contribution is -2.55. The molecule has 17 heavy (non-hydrogen) atoms. The first-order chi connectivity index (χ1) is 8.24. The third kappa shape index (κ3) is 2.68. The number of rotatable bonds is 3. The van der Waals surface area contributed by atoms with Crippen LogP contribution in [0.15, 0.2) is 18.3 Å². The van der Waals surface area contributed by atoms with Crippen LogP contribution in [0.2, 0.25) is 0 Å². The first kappa shape index (κ1) is 12.1. The van der Waals surface area contributed by atoms with Crippen LogP contribution in [0.25, 0.3) is 0 Å². The molecule has 0 amide bonds. The molecule has 0 aliphatic carbocycles. The average Bonchev–Trinajstić information content (AvgIpc) is 2.39. The van der Waals surface area contributed by atoms with Crippen molar-refractivity contribution in [2.75, 3.05) is 45.2 Å². The Hall–Kier alpha value is -1.33. The third-order valence-corrected chi connectivity index (χ3v) is 3.21. The highest BCUT2D eigenvalue weighted by molar-refractivity contribution is 5.42. The van der Waals surface area contributed by atoms with Crippen LogP contribution in [0.4, 0.5) is 5.82 Å². The number of piperazine rings is 1. The molecule has 2 N–H and O–H groups in total. The van der Waals surface area contributed by atoms with Gasteiger partial charge in [0.25, 0.3) is 0 Å². The summed E-state index contributed by atoms with van der Waals surface area (Å²) < 4.78 is 5.11. The van der Waals surface area contributed by atoms with Crippen molar-refractivity contribution in [3.8, 4) is 5.75 Å². The van der Waals surface area contributed by atoms with Gasteiger partial charge in [-0.3, -0.25) is 0 Å². The molecule has 5 heteroatoms. The minimum Gasteiger partial charge on any atom is -0.495 e. The Bertz CT molecular complexity index is 354. The first-order valence-corrected chi connectivity index (χ1v) is 5.90. The predicted octanol–water partition coefficient (Wildman–Crippen LogP) is 0.169. The monoisotopic (exact) mass is 236 g/mol. The minimum absolute atomic E-state index is 0.342. The van der Waals surface area contributed by atoms with Crippen LogP contribution in [0.3, 0.4) is 0 Å². The lowest BCUT2D eigenvalue weighted by atomic mass is 10.1. The van der Waals surface area contributed by atoms with Gasteiger partial charge in [-0.1, -0.05) is 0 Å². The number of hydrogen-bond donors (Lipinski definition) is 1. The van der Waals surface area contributed by atoms with E-state index in [-0.39, 0.29) is 0 Å². The van der Waals surface area contributed by atoms with Crippen molar-refractivity contribution in [2.24, 2.45) is 5.73 Å². The van der Waals surface area contributed by atoms with Crippen LogP contribution in [0.5, 0.6) is 5.75 Å². The maximum absolute atomic E-state index is 5.83. The van der Waals surface area contributed by atoms with Gasteiger partial charge in [0.1, 0.15) is 11.6 Å². The van der Waals surface area contributed by atoms with Gasteiger partial charge in [-0.15, -0.1) is 0 Å². The summed E-state index contributed by atoms with van der Waals surface area (Å²) in [5, 5.41) is 0. The van der Waals surface area contributed by atoms with Crippen LogP contribution in [-0.2, 0) is 0 Å². The Labute approximate surface area is 102 Å². The second kappa shape index (κ2) is 5.33. The molecule has 1 aromatic rings. The standard InChI is InChI=1S/C12H20N4O/c1-15-5-6-16(10(7-13)9-15)12-4-3-11(17-2)8-14-12/h3-4,8,10H,5-7,9,13H2,1-2H3. The fourth-order valence-corrected chi connectivity index (χ4v) is 2.18. The van der Waals surface area contributed by atoms with Gasteiger partial charge in [-0.05, 0) is 19.2 Å². The molecule has 1 aliphatic rings. The van der Waals surface area contributed by atoms with Crippen molar-refractivity contribution in [3.05, 3.63) is 18.3 Å². The maximum atomic E-state index is 5.83. The molecule has 94 valence electrons. The Balaban J connectivity index is 2.13. The number of methoxy groups -OCH3 is 1. The van der Waals surface area contributed by atoms with E-state index in [2.05, 4.69) is 21.8 Å². The number of pyridine rings is 1. The highest BCUT2D eigenvalue weighted by Crippen LogP contribution is 2.19. The molecule has 0 bridgehead atoms.